The standard InChI is InChI=1S/C15H9ClF5N5O/c16-9-4-2-1-3-8(9)10(15(19,20)21)24-14-22-5-7(6-23-14)12-25-26-13(27-12)11(17)18/h1-6,10-11H,(H,22,23,24). The molecule has 0 radical (unpaired) electrons. The van der Waals surface area contributed by atoms with Gasteiger partial charge in [0.1, 0.15) is 0 Å². The molecule has 0 aliphatic heterocycles. The number of halogens is 6. The van der Waals surface area contributed by atoms with E-state index in [2.05, 4.69) is 25.5 Å². The number of hydrogen-bond acceptors (Lipinski definition) is 6. The van der Waals surface area contributed by atoms with Gasteiger partial charge in [0.05, 0.1) is 5.56 Å². The second kappa shape index (κ2) is 7.43. The Hall–Kier alpha value is -2.82. The van der Waals surface area contributed by atoms with E-state index in [1.807, 2.05) is 0 Å². The predicted molar refractivity (Wildman–Crippen MR) is 84.2 cm³/mol. The van der Waals surface area contributed by atoms with Gasteiger partial charge in [-0.3, -0.25) is 0 Å². The summed E-state index contributed by atoms with van der Waals surface area (Å²) in [5.41, 5.74) is -0.126. The maximum absolute atomic E-state index is 13.4. The summed E-state index contributed by atoms with van der Waals surface area (Å²) >= 11 is 5.85. The number of nitrogens with one attached hydrogen (secondary N) is 1. The maximum atomic E-state index is 13.4. The number of benzene rings is 1. The van der Waals surface area contributed by atoms with Crippen molar-refractivity contribution < 1.29 is 26.4 Å². The molecule has 27 heavy (non-hydrogen) atoms. The molecule has 6 nitrogen and oxygen atoms in total. The lowest BCUT2D eigenvalue weighted by Gasteiger charge is -2.22. The molecule has 0 saturated heterocycles. The zero-order chi connectivity index (χ0) is 19.6. The Kier molecular flexibility index (Phi) is 5.22. The van der Waals surface area contributed by atoms with Gasteiger partial charge in [0.2, 0.25) is 5.95 Å². The molecular weight excluding hydrogens is 397 g/mol. The minimum atomic E-state index is -4.67. The summed E-state index contributed by atoms with van der Waals surface area (Å²) < 4.78 is 69.9. The van der Waals surface area contributed by atoms with Crippen molar-refractivity contribution in [3.63, 3.8) is 0 Å². The van der Waals surface area contributed by atoms with E-state index < -0.39 is 24.5 Å². The number of hydrogen-bond donors (Lipinski definition) is 1. The first kappa shape index (κ1) is 19.0. The minimum Gasteiger partial charge on any atom is -0.415 e. The van der Waals surface area contributed by atoms with Crippen molar-refractivity contribution in [3.05, 3.63) is 53.1 Å². The molecule has 142 valence electrons. The fraction of sp³-hybridized carbons (Fsp3) is 0.200. The Balaban J connectivity index is 1.84. The van der Waals surface area contributed by atoms with Crippen LogP contribution in [-0.4, -0.2) is 26.3 Å². The normalized spacial score (nSPS) is 13.0. The van der Waals surface area contributed by atoms with Gasteiger partial charge in [-0.1, -0.05) is 29.8 Å². The lowest BCUT2D eigenvalue weighted by Crippen LogP contribution is -2.29. The Morgan fingerprint density at radius 1 is 1.04 bits per heavy atom. The van der Waals surface area contributed by atoms with E-state index in [4.69, 9.17) is 16.0 Å². The Morgan fingerprint density at radius 3 is 2.26 bits per heavy atom. The molecule has 0 aliphatic rings. The summed E-state index contributed by atoms with van der Waals surface area (Å²) in [5, 5.41) is 8.63. The van der Waals surface area contributed by atoms with Crippen molar-refractivity contribution in [1.82, 2.24) is 20.2 Å². The van der Waals surface area contributed by atoms with E-state index in [1.165, 1.54) is 24.3 Å². The van der Waals surface area contributed by atoms with Crippen LogP contribution in [0.2, 0.25) is 5.02 Å². The molecule has 0 fully saturated rings. The van der Waals surface area contributed by atoms with Crippen LogP contribution in [0.4, 0.5) is 27.9 Å². The largest absolute Gasteiger partial charge is 0.415 e. The summed E-state index contributed by atoms with van der Waals surface area (Å²) in [4.78, 5) is 7.47. The van der Waals surface area contributed by atoms with Crippen LogP contribution in [0.5, 0.6) is 0 Å². The van der Waals surface area contributed by atoms with Crippen molar-refractivity contribution in [2.75, 3.05) is 5.32 Å². The molecule has 2 heterocycles. The molecule has 1 N–H and O–H groups in total. The molecule has 0 spiro atoms. The van der Waals surface area contributed by atoms with Crippen LogP contribution in [0.25, 0.3) is 11.5 Å². The third-order valence-electron chi connectivity index (χ3n) is 3.34. The van der Waals surface area contributed by atoms with E-state index in [0.717, 1.165) is 12.4 Å². The lowest BCUT2D eigenvalue weighted by atomic mass is 10.1. The number of aromatic nitrogens is 4. The van der Waals surface area contributed by atoms with E-state index in [1.54, 1.807) is 0 Å². The van der Waals surface area contributed by atoms with E-state index in [9.17, 15) is 22.0 Å². The van der Waals surface area contributed by atoms with Crippen LogP contribution in [0.1, 0.15) is 23.9 Å². The van der Waals surface area contributed by atoms with Gasteiger partial charge in [-0.15, -0.1) is 10.2 Å². The summed E-state index contributed by atoms with van der Waals surface area (Å²) in [6, 6.07) is 3.33. The third-order valence-corrected chi connectivity index (χ3v) is 3.69. The van der Waals surface area contributed by atoms with Gasteiger partial charge < -0.3 is 9.73 Å². The van der Waals surface area contributed by atoms with Gasteiger partial charge in [0, 0.05) is 23.0 Å². The highest BCUT2D eigenvalue weighted by Gasteiger charge is 2.42. The Morgan fingerprint density at radius 2 is 1.70 bits per heavy atom. The van der Waals surface area contributed by atoms with Gasteiger partial charge in [0.15, 0.2) is 6.04 Å². The van der Waals surface area contributed by atoms with Crippen molar-refractivity contribution in [1.29, 1.82) is 0 Å². The lowest BCUT2D eigenvalue weighted by molar-refractivity contribution is -0.144. The molecule has 12 heteroatoms. The smallest absolute Gasteiger partial charge is 0.412 e. The molecule has 1 unspecified atom stereocenters. The summed E-state index contributed by atoms with van der Waals surface area (Å²) in [6.45, 7) is 0. The molecule has 0 aliphatic carbocycles. The van der Waals surface area contributed by atoms with Crippen LogP contribution >= 0.6 is 11.6 Å². The number of alkyl halides is 5. The summed E-state index contributed by atoms with van der Waals surface area (Å²) in [6.07, 6.45) is -5.49. The molecule has 0 saturated carbocycles. The van der Waals surface area contributed by atoms with Crippen LogP contribution in [0.15, 0.2) is 41.1 Å². The summed E-state index contributed by atoms with van der Waals surface area (Å²) in [7, 11) is 0. The van der Waals surface area contributed by atoms with Crippen LogP contribution < -0.4 is 5.32 Å². The average Bonchev–Trinajstić information content (AvgIpc) is 3.10. The van der Waals surface area contributed by atoms with Crippen molar-refractivity contribution in [2.45, 2.75) is 18.6 Å². The summed E-state index contributed by atoms with van der Waals surface area (Å²) in [5.74, 6) is -1.52. The Bertz CT molecular complexity index is 915. The minimum absolute atomic E-state index is 0.0706. The van der Waals surface area contributed by atoms with Gasteiger partial charge in [-0.05, 0) is 6.07 Å². The van der Waals surface area contributed by atoms with Gasteiger partial charge in [-0.25, -0.2) is 9.97 Å². The van der Waals surface area contributed by atoms with Crippen molar-refractivity contribution >= 4 is 17.5 Å². The fourth-order valence-electron chi connectivity index (χ4n) is 2.13. The zero-order valence-electron chi connectivity index (χ0n) is 13.1. The Labute approximate surface area is 153 Å². The van der Waals surface area contributed by atoms with E-state index in [0.29, 0.717) is 0 Å². The van der Waals surface area contributed by atoms with Crippen LogP contribution in [0, 0.1) is 0 Å². The number of rotatable bonds is 5. The highest BCUT2D eigenvalue weighted by atomic mass is 35.5. The average molecular weight is 406 g/mol. The molecule has 0 amide bonds. The molecule has 1 aromatic carbocycles. The van der Waals surface area contributed by atoms with Crippen LogP contribution in [-0.2, 0) is 0 Å². The fourth-order valence-corrected chi connectivity index (χ4v) is 2.37. The first-order valence-electron chi connectivity index (χ1n) is 7.27. The molecule has 1 atom stereocenters. The second-order valence-corrected chi connectivity index (χ2v) is 5.59. The topological polar surface area (TPSA) is 76.7 Å². The third kappa shape index (κ3) is 4.30. The SMILES string of the molecule is FC(F)c1nnc(-c2cnc(NC(c3ccccc3Cl)C(F)(F)F)nc2)o1. The molecular formula is C15H9ClF5N5O. The first-order valence-corrected chi connectivity index (χ1v) is 7.65. The van der Waals surface area contributed by atoms with E-state index >= 15 is 0 Å². The van der Waals surface area contributed by atoms with Gasteiger partial charge >= 0.3 is 12.6 Å². The van der Waals surface area contributed by atoms with E-state index in [-0.39, 0.29) is 28.0 Å². The highest BCUT2D eigenvalue weighted by molar-refractivity contribution is 6.31. The molecule has 0 bridgehead atoms. The second-order valence-electron chi connectivity index (χ2n) is 5.18. The molecule has 3 aromatic rings. The van der Waals surface area contributed by atoms with Crippen LogP contribution in [0.3, 0.4) is 0 Å². The van der Waals surface area contributed by atoms with Gasteiger partial charge in [-0.2, -0.15) is 22.0 Å². The van der Waals surface area contributed by atoms with Crippen molar-refractivity contribution in [2.24, 2.45) is 0 Å². The van der Waals surface area contributed by atoms with Gasteiger partial charge in [0.25, 0.3) is 11.8 Å². The number of anilines is 1. The highest BCUT2D eigenvalue weighted by Crippen LogP contribution is 2.38. The van der Waals surface area contributed by atoms with Crippen molar-refractivity contribution in [3.8, 4) is 11.5 Å². The molecule has 3 rings (SSSR count). The number of nitrogens with zero attached hydrogens (tertiary/aromatic N) is 4. The monoisotopic (exact) mass is 405 g/mol. The quantitative estimate of drug-likeness (QED) is 0.612. The maximum Gasteiger partial charge on any atom is 0.412 e. The molecule has 2 aromatic heterocycles. The predicted octanol–water partition coefficient (Wildman–Crippen LogP) is 4.83. The first-order chi connectivity index (χ1) is 12.8. The zero-order valence-corrected chi connectivity index (χ0v) is 13.8.